The Hall–Kier alpha value is -3.37. The van der Waals surface area contributed by atoms with E-state index in [4.69, 9.17) is 16.3 Å². The van der Waals surface area contributed by atoms with Gasteiger partial charge in [0.2, 0.25) is 17.7 Å². The van der Waals surface area contributed by atoms with Crippen molar-refractivity contribution in [1.29, 1.82) is 0 Å². The van der Waals surface area contributed by atoms with Crippen LogP contribution in [0.4, 0.5) is 11.4 Å². The second-order valence-electron chi connectivity index (χ2n) is 7.92. The first-order valence-electron chi connectivity index (χ1n) is 10.5. The number of nitrogens with zero attached hydrogens (tertiary/aromatic N) is 1. The number of halogens is 1. The Bertz CT molecular complexity index is 1270. The molecule has 9 nitrogen and oxygen atoms in total. The third kappa shape index (κ3) is 4.64. The Kier molecular flexibility index (Phi) is 6.63. The smallest absolute Gasteiger partial charge is 0.263 e. The summed E-state index contributed by atoms with van der Waals surface area (Å²) < 4.78 is 33.5. The van der Waals surface area contributed by atoms with Gasteiger partial charge in [0.25, 0.3) is 10.0 Å². The molecule has 178 valence electrons. The van der Waals surface area contributed by atoms with Crippen LogP contribution < -0.4 is 14.8 Å². The van der Waals surface area contributed by atoms with Crippen LogP contribution in [0.3, 0.4) is 0 Å². The molecule has 2 aromatic carbocycles. The Morgan fingerprint density at radius 3 is 2.38 bits per heavy atom. The zero-order valence-electron chi connectivity index (χ0n) is 18.2. The predicted molar refractivity (Wildman–Crippen MR) is 126 cm³/mol. The Balaban J connectivity index is 1.49. The van der Waals surface area contributed by atoms with Crippen LogP contribution in [0.15, 0.2) is 59.5 Å². The summed E-state index contributed by atoms with van der Waals surface area (Å²) in [6, 6.07) is 10.4. The quantitative estimate of drug-likeness (QED) is 0.442. The fraction of sp³-hybridized carbons (Fsp3) is 0.261. The van der Waals surface area contributed by atoms with Crippen molar-refractivity contribution in [2.24, 2.45) is 11.8 Å². The van der Waals surface area contributed by atoms with E-state index in [1.165, 1.54) is 31.4 Å². The van der Waals surface area contributed by atoms with Crippen molar-refractivity contribution in [3.05, 3.63) is 59.6 Å². The first-order chi connectivity index (χ1) is 16.2. The number of amides is 3. The summed E-state index contributed by atoms with van der Waals surface area (Å²) in [5.74, 6) is -1.90. The fourth-order valence-corrected chi connectivity index (χ4v) is 5.68. The molecule has 0 aromatic heterocycles. The highest BCUT2D eigenvalue weighted by Crippen LogP contribution is 2.35. The SMILES string of the molecule is COc1ccccc1NS(=O)(=O)c1cc(NC(=O)CN2C(=O)C3CC=CCC3C2=O)ccc1Cl. The number of benzene rings is 2. The van der Waals surface area contributed by atoms with Gasteiger partial charge in [-0.2, -0.15) is 0 Å². The van der Waals surface area contributed by atoms with Gasteiger partial charge < -0.3 is 10.1 Å². The van der Waals surface area contributed by atoms with Crippen LogP contribution >= 0.6 is 11.6 Å². The number of likely N-dealkylation sites (tertiary alicyclic amines) is 1. The molecule has 34 heavy (non-hydrogen) atoms. The lowest BCUT2D eigenvalue weighted by atomic mass is 9.85. The number of sulfonamides is 1. The topological polar surface area (TPSA) is 122 Å². The second kappa shape index (κ2) is 9.47. The van der Waals surface area contributed by atoms with Gasteiger partial charge in [-0.3, -0.25) is 24.0 Å². The average molecular weight is 504 g/mol. The van der Waals surface area contributed by atoms with Gasteiger partial charge in [-0.15, -0.1) is 0 Å². The molecule has 0 saturated carbocycles. The predicted octanol–water partition coefficient (Wildman–Crippen LogP) is 3.04. The van der Waals surface area contributed by atoms with Crippen LogP contribution in [-0.2, 0) is 24.4 Å². The summed E-state index contributed by atoms with van der Waals surface area (Å²) in [6.07, 6.45) is 4.69. The van der Waals surface area contributed by atoms with E-state index in [2.05, 4.69) is 10.0 Å². The summed E-state index contributed by atoms with van der Waals surface area (Å²) in [6.45, 7) is -0.450. The maximum Gasteiger partial charge on any atom is 0.263 e. The summed E-state index contributed by atoms with van der Waals surface area (Å²) in [5, 5.41) is 2.49. The highest BCUT2D eigenvalue weighted by atomic mass is 35.5. The third-order valence-corrected chi connectivity index (χ3v) is 7.60. The molecule has 2 aliphatic rings. The van der Waals surface area contributed by atoms with Gasteiger partial charge in [0.1, 0.15) is 17.2 Å². The molecule has 2 unspecified atom stereocenters. The Labute approximate surface area is 201 Å². The highest BCUT2D eigenvalue weighted by molar-refractivity contribution is 7.92. The molecule has 0 bridgehead atoms. The molecule has 0 spiro atoms. The number of allylic oxidation sites excluding steroid dienone is 2. The summed E-state index contributed by atoms with van der Waals surface area (Å²) >= 11 is 6.14. The molecule has 1 aliphatic heterocycles. The van der Waals surface area contributed by atoms with Crippen LogP contribution in [0.2, 0.25) is 5.02 Å². The zero-order chi connectivity index (χ0) is 24.5. The Morgan fingerprint density at radius 1 is 1.09 bits per heavy atom. The summed E-state index contributed by atoms with van der Waals surface area (Å²) in [7, 11) is -2.71. The molecule has 1 heterocycles. The molecule has 2 atom stereocenters. The number of rotatable bonds is 7. The van der Waals surface area contributed by atoms with E-state index in [0.717, 1.165) is 4.90 Å². The summed E-state index contributed by atoms with van der Waals surface area (Å²) in [4.78, 5) is 38.4. The number of fused-ring (bicyclic) bond motifs is 1. The number of carbonyl (C=O) groups excluding carboxylic acids is 3. The van der Waals surface area contributed by atoms with Crippen molar-refractivity contribution in [2.75, 3.05) is 23.7 Å². The van der Waals surface area contributed by atoms with Gasteiger partial charge in [-0.1, -0.05) is 35.9 Å². The van der Waals surface area contributed by atoms with Crippen molar-refractivity contribution in [3.8, 4) is 5.75 Å². The van der Waals surface area contributed by atoms with E-state index in [9.17, 15) is 22.8 Å². The number of hydrogen-bond acceptors (Lipinski definition) is 6. The van der Waals surface area contributed by atoms with Gasteiger partial charge >= 0.3 is 0 Å². The average Bonchev–Trinajstić information content (AvgIpc) is 3.05. The molecule has 4 rings (SSSR count). The zero-order valence-corrected chi connectivity index (χ0v) is 19.7. The van der Waals surface area contributed by atoms with E-state index in [0.29, 0.717) is 18.6 Å². The van der Waals surface area contributed by atoms with Crippen LogP contribution in [0.1, 0.15) is 12.8 Å². The number of hydrogen-bond donors (Lipinski definition) is 2. The van der Waals surface area contributed by atoms with Gasteiger partial charge in [-0.05, 0) is 43.2 Å². The van der Waals surface area contributed by atoms with Crippen molar-refractivity contribution >= 4 is 50.7 Å². The van der Waals surface area contributed by atoms with E-state index >= 15 is 0 Å². The standard InChI is InChI=1S/C23H22ClN3O6S/c1-33-19-9-5-4-8-18(19)26-34(31,32)20-12-14(10-11-17(20)24)25-21(28)13-27-22(29)15-6-2-3-7-16(15)23(27)30/h2-5,8-12,15-16,26H,6-7,13H2,1H3,(H,25,28). The first kappa shape index (κ1) is 23.8. The molecule has 0 radical (unpaired) electrons. The first-order valence-corrected chi connectivity index (χ1v) is 12.3. The molecule has 1 fully saturated rings. The van der Waals surface area contributed by atoms with Crippen molar-refractivity contribution in [2.45, 2.75) is 17.7 Å². The van der Waals surface area contributed by atoms with E-state index in [1.807, 2.05) is 12.2 Å². The minimum atomic E-state index is -4.13. The number of nitrogens with one attached hydrogen (secondary N) is 2. The number of carbonyl (C=O) groups is 3. The monoisotopic (exact) mass is 503 g/mol. The Morgan fingerprint density at radius 2 is 1.74 bits per heavy atom. The van der Waals surface area contributed by atoms with Crippen LogP contribution in [0, 0.1) is 11.8 Å². The number of anilines is 2. The highest BCUT2D eigenvalue weighted by Gasteiger charge is 2.47. The molecular weight excluding hydrogens is 482 g/mol. The van der Waals surface area contributed by atoms with E-state index in [-0.39, 0.29) is 33.1 Å². The van der Waals surface area contributed by atoms with Gasteiger partial charge in [0, 0.05) is 5.69 Å². The molecule has 11 heteroatoms. The minimum absolute atomic E-state index is 0.0538. The van der Waals surface area contributed by atoms with Crippen molar-refractivity contribution in [1.82, 2.24) is 4.90 Å². The number of para-hydroxylation sites is 2. The van der Waals surface area contributed by atoms with E-state index < -0.39 is 34.3 Å². The van der Waals surface area contributed by atoms with Crippen molar-refractivity contribution in [3.63, 3.8) is 0 Å². The van der Waals surface area contributed by atoms with Crippen LogP contribution in [0.5, 0.6) is 5.75 Å². The molecule has 1 saturated heterocycles. The lowest BCUT2D eigenvalue weighted by molar-refractivity contribution is -0.142. The fourth-order valence-electron chi connectivity index (χ4n) is 4.08. The van der Waals surface area contributed by atoms with Crippen LogP contribution in [0.25, 0.3) is 0 Å². The largest absolute Gasteiger partial charge is 0.495 e. The maximum atomic E-state index is 13.0. The molecule has 2 N–H and O–H groups in total. The second-order valence-corrected chi connectivity index (χ2v) is 9.98. The molecular formula is C23H22ClN3O6S. The molecule has 1 aliphatic carbocycles. The normalized spacial score (nSPS) is 19.6. The third-order valence-electron chi connectivity index (χ3n) is 5.76. The molecule has 2 aromatic rings. The number of methoxy groups -OCH3 is 1. The lowest BCUT2D eigenvalue weighted by Gasteiger charge is -2.16. The molecule has 3 amide bonds. The van der Waals surface area contributed by atoms with Gasteiger partial charge in [-0.25, -0.2) is 8.42 Å². The van der Waals surface area contributed by atoms with Gasteiger partial charge in [0.05, 0.1) is 29.7 Å². The maximum absolute atomic E-state index is 13.0. The number of ether oxygens (including phenoxy) is 1. The summed E-state index contributed by atoms with van der Waals surface area (Å²) in [5.41, 5.74) is 0.366. The lowest BCUT2D eigenvalue weighted by Crippen LogP contribution is -2.38. The van der Waals surface area contributed by atoms with Crippen LogP contribution in [-0.4, -0.2) is 44.7 Å². The number of imide groups is 1. The minimum Gasteiger partial charge on any atom is -0.495 e. The van der Waals surface area contributed by atoms with Crippen molar-refractivity contribution < 1.29 is 27.5 Å². The van der Waals surface area contributed by atoms with Gasteiger partial charge in [0.15, 0.2) is 0 Å². The van der Waals surface area contributed by atoms with E-state index in [1.54, 1.807) is 18.2 Å².